The molecule has 1 rings (SSSR count). The van der Waals surface area contributed by atoms with E-state index in [0.717, 1.165) is 12.8 Å². The number of thioether (sulfide) groups is 1. The van der Waals surface area contributed by atoms with Crippen molar-refractivity contribution >= 4 is 23.6 Å². The molecule has 0 aliphatic heterocycles. The second-order valence-corrected chi connectivity index (χ2v) is 5.84. The van der Waals surface area contributed by atoms with Crippen LogP contribution in [0.5, 0.6) is 0 Å². The third kappa shape index (κ3) is 5.09. The van der Waals surface area contributed by atoms with Crippen LogP contribution in [0.15, 0.2) is 0 Å². The fourth-order valence-corrected chi connectivity index (χ4v) is 2.87. The summed E-state index contributed by atoms with van der Waals surface area (Å²) in [5.74, 6) is -0.451. The molecule has 0 spiro atoms. The molecule has 0 heterocycles. The molecular formula is C12H19N3O3S. The lowest BCUT2D eigenvalue weighted by molar-refractivity contribution is -0.138. The van der Waals surface area contributed by atoms with Gasteiger partial charge in [-0.1, -0.05) is 0 Å². The molecule has 6 nitrogen and oxygen atoms in total. The van der Waals surface area contributed by atoms with E-state index in [1.165, 1.54) is 11.8 Å². The molecule has 106 valence electrons. The molecule has 1 amide bonds. The van der Waals surface area contributed by atoms with E-state index < -0.39 is 17.6 Å². The van der Waals surface area contributed by atoms with Gasteiger partial charge in [0.05, 0.1) is 11.8 Å². The monoisotopic (exact) mass is 285 g/mol. The summed E-state index contributed by atoms with van der Waals surface area (Å²) in [5, 5.41) is 20.5. The second-order valence-electron chi connectivity index (χ2n) is 4.74. The van der Waals surface area contributed by atoms with Gasteiger partial charge in [0, 0.05) is 0 Å². The summed E-state index contributed by atoms with van der Waals surface area (Å²) >= 11 is 1.33. The van der Waals surface area contributed by atoms with E-state index in [9.17, 15) is 9.59 Å². The highest BCUT2D eigenvalue weighted by Crippen LogP contribution is 2.28. The van der Waals surface area contributed by atoms with E-state index in [1.807, 2.05) is 0 Å². The van der Waals surface area contributed by atoms with Gasteiger partial charge in [0.1, 0.15) is 11.6 Å². The van der Waals surface area contributed by atoms with Gasteiger partial charge in [0.2, 0.25) is 5.91 Å². The number of nitrogens with one attached hydrogen (secondary N) is 1. The molecule has 1 aliphatic carbocycles. The van der Waals surface area contributed by atoms with Crippen molar-refractivity contribution in [2.45, 2.75) is 43.7 Å². The summed E-state index contributed by atoms with van der Waals surface area (Å²) in [4.78, 5) is 22.2. The Labute approximate surface area is 116 Å². The van der Waals surface area contributed by atoms with Gasteiger partial charge in [-0.3, -0.25) is 9.59 Å². The van der Waals surface area contributed by atoms with Gasteiger partial charge in [-0.25, -0.2) is 0 Å². The molecule has 1 fully saturated rings. The van der Waals surface area contributed by atoms with Gasteiger partial charge in [-0.15, -0.1) is 0 Å². The Morgan fingerprint density at radius 1 is 1.47 bits per heavy atom. The lowest BCUT2D eigenvalue weighted by Gasteiger charge is -2.21. The molecule has 1 unspecified atom stereocenters. The number of nitriles is 1. The lowest BCUT2D eigenvalue weighted by Crippen LogP contribution is -2.45. The number of carboxylic acid groups (broad SMARTS) is 1. The molecule has 0 aromatic heterocycles. The van der Waals surface area contributed by atoms with Crippen molar-refractivity contribution in [2.75, 3.05) is 11.5 Å². The Balaban J connectivity index is 2.21. The summed E-state index contributed by atoms with van der Waals surface area (Å²) in [5.41, 5.74) is 4.67. The van der Waals surface area contributed by atoms with Crippen molar-refractivity contribution in [2.24, 2.45) is 5.73 Å². The Bertz CT molecular complexity index is 375. The summed E-state index contributed by atoms with van der Waals surface area (Å²) in [7, 11) is 0. The van der Waals surface area contributed by atoms with Gasteiger partial charge >= 0.3 is 5.97 Å². The fourth-order valence-electron chi connectivity index (χ4n) is 2.04. The van der Waals surface area contributed by atoms with Crippen LogP contribution in [0.2, 0.25) is 0 Å². The first kappa shape index (κ1) is 15.8. The third-order valence-electron chi connectivity index (χ3n) is 3.17. The first-order valence-corrected chi connectivity index (χ1v) is 7.43. The molecule has 1 atom stereocenters. The number of aliphatic carboxylic acids is 1. The first-order valence-electron chi connectivity index (χ1n) is 6.27. The zero-order chi connectivity index (χ0) is 14.3. The minimum atomic E-state index is -1.03. The van der Waals surface area contributed by atoms with Crippen molar-refractivity contribution in [1.29, 1.82) is 5.26 Å². The Hall–Kier alpha value is -1.26. The maximum atomic E-state index is 11.7. The Kier molecular flexibility index (Phi) is 6.12. The van der Waals surface area contributed by atoms with Gasteiger partial charge < -0.3 is 16.2 Å². The molecule has 7 heteroatoms. The molecule has 1 aliphatic rings. The lowest BCUT2D eigenvalue weighted by atomic mass is 10.0. The predicted molar refractivity (Wildman–Crippen MR) is 72.5 cm³/mol. The molecule has 1 saturated carbocycles. The smallest absolute Gasteiger partial charge is 0.320 e. The average Bonchev–Trinajstić information content (AvgIpc) is 2.83. The quantitative estimate of drug-likeness (QED) is 0.586. The average molecular weight is 285 g/mol. The van der Waals surface area contributed by atoms with Crippen molar-refractivity contribution < 1.29 is 14.7 Å². The first-order chi connectivity index (χ1) is 8.99. The SMILES string of the molecule is N#CC1(NC(=O)CSCCC(N)C(=O)O)CCCC1. The van der Waals surface area contributed by atoms with Crippen molar-refractivity contribution in [1.82, 2.24) is 5.32 Å². The highest BCUT2D eigenvalue weighted by Gasteiger charge is 2.35. The van der Waals surface area contributed by atoms with Crippen LogP contribution in [0.4, 0.5) is 0 Å². The van der Waals surface area contributed by atoms with Crippen LogP contribution in [0.25, 0.3) is 0 Å². The standard InChI is InChI=1S/C12H19N3O3S/c13-8-12(4-1-2-5-12)15-10(16)7-19-6-3-9(14)11(17)18/h9H,1-7,14H2,(H,15,16)(H,17,18). The number of carbonyl (C=O) groups excluding carboxylic acids is 1. The highest BCUT2D eigenvalue weighted by atomic mass is 32.2. The van der Waals surface area contributed by atoms with Crippen LogP contribution < -0.4 is 11.1 Å². The molecular weight excluding hydrogens is 266 g/mol. The van der Waals surface area contributed by atoms with Crippen molar-refractivity contribution in [3.63, 3.8) is 0 Å². The van der Waals surface area contributed by atoms with E-state index in [4.69, 9.17) is 16.1 Å². The van der Waals surface area contributed by atoms with Crippen LogP contribution in [0.3, 0.4) is 0 Å². The molecule has 0 aromatic carbocycles. The number of hydrogen-bond acceptors (Lipinski definition) is 5. The highest BCUT2D eigenvalue weighted by molar-refractivity contribution is 7.99. The zero-order valence-corrected chi connectivity index (χ0v) is 11.5. The third-order valence-corrected chi connectivity index (χ3v) is 4.16. The normalized spacial score (nSPS) is 18.5. The number of nitrogens with two attached hydrogens (primary N) is 1. The van der Waals surface area contributed by atoms with Gasteiger partial charge in [0.15, 0.2) is 0 Å². The fraction of sp³-hybridized carbons (Fsp3) is 0.750. The maximum absolute atomic E-state index is 11.7. The van der Waals surface area contributed by atoms with Crippen molar-refractivity contribution in [3.05, 3.63) is 0 Å². The van der Waals surface area contributed by atoms with Crippen LogP contribution in [0, 0.1) is 11.3 Å². The molecule has 4 N–H and O–H groups in total. The number of nitrogens with zero attached hydrogens (tertiary/aromatic N) is 1. The Morgan fingerprint density at radius 3 is 2.63 bits per heavy atom. The van der Waals surface area contributed by atoms with E-state index in [1.54, 1.807) is 0 Å². The van der Waals surface area contributed by atoms with E-state index in [0.29, 0.717) is 25.0 Å². The number of amides is 1. The van der Waals surface area contributed by atoms with Gasteiger partial charge in [-0.2, -0.15) is 17.0 Å². The van der Waals surface area contributed by atoms with E-state index in [2.05, 4.69) is 11.4 Å². The second kappa shape index (κ2) is 7.36. The molecule has 0 radical (unpaired) electrons. The van der Waals surface area contributed by atoms with Crippen LogP contribution >= 0.6 is 11.8 Å². The number of carbonyl (C=O) groups is 2. The van der Waals surface area contributed by atoms with Crippen LogP contribution in [-0.4, -0.2) is 40.1 Å². The van der Waals surface area contributed by atoms with Crippen LogP contribution in [0.1, 0.15) is 32.1 Å². The molecule has 0 aromatic rings. The number of hydrogen-bond donors (Lipinski definition) is 3. The van der Waals surface area contributed by atoms with Gasteiger partial charge in [-0.05, 0) is 37.9 Å². The maximum Gasteiger partial charge on any atom is 0.320 e. The van der Waals surface area contributed by atoms with Crippen LogP contribution in [-0.2, 0) is 9.59 Å². The zero-order valence-electron chi connectivity index (χ0n) is 10.7. The predicted octanol–water partition coefficient (Wildman–Crippen LogP) is 0.474. The van der Waals surface area contributed by atoms with Gasteiger partial charge in [0.25, 0.3) is 0 Å². The molecule has 0 bridgehead atoms. The largest absolute Gasteiger partial charge is 0.480 e. The molecule has 0 saturated heterocycles. The summed E-state index contributed by atoms with van der Waals surface area (Å²) < 4.78 is 0. The number of rotatable bonds is 7. The summed E-state index contributed by atoms with van der Waals surface area (Å²) in [6.45, 7) is 0. The molecule has 19 heavy (non-hydrogen) atoms. The van der Waals surface area contributed by atoms with E-state index >= 15 is 0 Å². The topological polar surface area (TPSA) is 116 Å². The van der Waals surface area contributed by atoms with Crippen molar-refractivity contribution in [3.8, 4) is 6.07 Å². The van der Waals surface area contributed by atoms with E-state index in [-0.39, 0.29) is 11.7 Å². The minimum Gasteiger partial charge on any atom is -0.480 e. The summed E-state index contributed by atoms with van der Waals surface area (Å²) in [6, 6.07) is 1.31. The summed E-state index contributed by atoms with van der Waals surface area (Å²) in [6.07, 6.45) is 3.69. The number of carboxylic acids is 1. The minimum absolute atomic E-state index is 0.169. The Morgan fingerprint density at radius 2 is 2.11 bits per heavy atom.